The molecule has 4 aromatic rings. The van der Waals surface area contributed by atoms with E-state index in [2.05, 4.69) is 10.3 Å². The number of nitrogens with zero attached hydrogens (tertiary/aromatic N) is 3. The van der Waals surface area contributed by atoms with Gasteiger partial charge in [-0.3, -0.25) is 18.7 Å². The molecule has 0 spiro atoms. The predicted molar refractivity (Wildman–Crippen MR) is 122 cm³/mol. The number of benzene rings is 2. The molecule has 33 heavy (non-hydrogen) atoms. The Kier molecular flexibility index (Phi) is 6.23. The summed E-state index contributed by atoms with van der Waals surface area (Å²) in [4.78, 5) is 43.0. The standard InChI is InChI=1S/C23H18ClFN4O4/c1-33-19-9-8-16(11-18(19)24)27-20(30)13-28-21-17(3-2-10-26-21)22(31)29(23(28)32)12-14-4-6-15(25)7-5-14/h2-11H,12-13H2,1H3,(H,27,30). The molecule has 10 heteroatoms. The van der Waals surface area contributed by atoms with Crippen LogP contribution in [0.25, 0.3) is 11.0 Å². The third-order valence-corrected chi connectivity index (χ3v) is 5.27. The lowest BCUT2D eigenvalue weighted by atomic mass is 10.2. The number of halogens is 2. The van der Waals surface area contributed by atoms with Crippen LogP contribution in [0.4, 0.5) is 10.1 Å². The van der Waals surface area contributed by atoms with Gasteiger partial charge in [-0.05, 0) is 48.0 Å². The lowest BCUT2D eigenvalue weighted by Crippen LogP contribution is -2.42. The van der Waals surface area contributed by atoms with Gasteiger partial charge in [-0.1, -0.05) is 23.7 Å². The van der Waals surface area contributed by atoms with Crippen molar-refractivity contribution in [2.24, 2.45) is 0 Å². The summed E-state index contributed by atoms with van der Waals surface area (Å²) in [6.07, 6.45) is 1.43. The monoisotopic (exact) mass is 468 g/mol. The number of anilines is 1. The maximum atomic E-state index is 13.2. The molecule has 168 valence electrons. The molecule has 2 aromatic heterocycles. The van der Waals surface area contributed by atoms with E-state index in [1.54, 1.807) is 18.2 Å². The molecule has 0 unspecified atom stereocenters. The molecule has 2 aromatic carbocycles. The van der Waals surface area contributed by atoms with Crippen LogP contribution < -0.4 is 21.3 Å². The molecular weight excluding hydrogens is 451 g/mol. The number of hydrogen-bond donors (Lipinski definition) is 1. The lowest BCUT2D eigenvalue weighted by Gasteiger charge is -2.14. The number of methoxy groups -OCH3 is 1. The zero-order valence-corrected chi connectivity index (χ0v) is 18.2. The maximum absolute atomic E-state index is 13.2. The highest BCUT2D eigenvalue weighted by atomic mass is 35.5. The minimum absolute atomic E-state index is 0.0848. The van der Waals surface area contributed by atoms with Crippen molar-refractivity contribution in [1.82, 2.24) is 14.1 Å². The van der Waals surface area contributed by atoms with Crippen molar-refractivity contribution in [3.05, 3.63) is 98.0 Å². The van der Waals surface area contributed by atoms with E-state index in [1.807, 2.05) is 0 Å². The van der Waals surface area contributed by atoms with Crippen molar-refractivity contribution in [2.45, 2.75) is 13.1 Å². The number of rotatable bonds is 6. The van der Waals surface area contributed by atoms with Crippen LogP contribution in [0.1, 0.15) is 5.56 Å². The van der Waals surface area contributed by atoms with Gasteiger partial charge < -0.3 is 10.1 Å². The Morgan fingerprint density at radius 2 is 1.88 bits per heavy atom. The number of ether oxygens (including phenoxy) is 1. The van der Waals surface area contributed by atoms with E-state index in [0.717, 1.165) is 9.13 Å². The van der Waals surface area contributed by atoms with Gasteiger partial charge in [0.2, 0.25) is 5.91 Å². The predicted octanol–water partition coefficient (Wildman–Crippen LogP) is 3.05. The number of nitrogens with one attached hydrogen (secondary N) is 1. The summed E-state index contributed by atoms with van der Waals surface area (Å²) in [7, 11) is 1.48. The van der Waals surface area contributed by atoms with Gasteiger partial charge in [-0.15, -0.1) is 0 Å². The van der Waals surface area contributed by atoms with Gasteiger partial charge in [0.1, 0.15) is 23.8 Å². The Balaban J connectivity index is 1.71. The number of carbonyl (C=O) groups is 1. The maximum Gasteiger partial charge on any atom is 0.333 e. The molecule has 0 aliphatic heterocycles. The van der Waals surface area contributed by atoms with Crippen LogP contribution >= 0.6 is 11.6 Å². The third kappa shape index (κ3) is 4.63. The molecule has 8 nitrogen and oxygen atoms in total. The van der Waals surface area contributed by atoms with Gasteiger partial charge in [0.15, 0.2) is 0 Å². The van der Waals surface area contributed by atoms with Crippen LogP contribution in [0.15, 0.2) is 70.4 Å². The van der Waals surface area contributed by atoms with Gasteiger partial charge in [0, 0.05) is 11.9 Å². The van der Waals surface area contributed by atoms with Crippen LogP contribution in [0.5, 0.6) is 5.75 Å². The minimum atomic E-state index is -0.710. The molecule has 1 N–H and O–H groups in total. The summed E-state index contributed by atoms with van der Waals surface area (Å²) in [5.41, 5.74) is -0.200. The van der Waals surface area contributed by atoms with E-state index in [-0.39, 0.29) is 24.1 Å². The van der Waals surface area contributed by atoms with Crippen molar-refractivity contribution in [3.63, 3.8) is 0 Å². The molecule has 0 radical (unpaired) electrons. The molecule has 0 aliphatic rings. The molecule has 0 fully saturated rings. The molecule has 0 saturated carbocycles. The van der Waals surface area contributed by atoms with Gasteiger partial charge >= 0.3 is 5.69 Å². The van der Waals surface area contributed by atoms with Crippen molar-refractivity contribution in [2.75, 3.05) is 12.4 Å². The molecule has 2 heterocycles. The SMILES string of the molecule is COc1ccc(NC(=O)Cn2c(=O)n(Cc3ccc(F)cc3)c(=O)c3cccnc32)cc1Cl. The quantitative estimate of drug-likeness (QED) is 0.469. The fraction of sp³-hybridized carbons (Fsp3) is 0.130. The highest BCUT2D eigenvalue weighted by molar-refractivity contribution is 6.32. The zero-order chi connectivity index (χ0) is 23.5. The van der Waals surface area contributed by atoms with E-state index >= 15 is 0 Å². The number of amides is 1. The Bertz CT molecular complexity index is 1460. The largest absolute Gasteiger partial charge is 0.495 e. The Hall–Kier alpha value is -3.98. The van der Waals surface area contributed by atoms with Crippen molar-refractivity contribution in [1.29, 1.82) is 0 Å². The van der Waals surface area contributed by atoms with Crippen molar-refractivity contribution >= 4 is 34.2 Å². The Morgan fingerprint density at radius 3 is 2.58 bits per heavy atom. The van der Waals surface area contributed by atoms with Crippen LogP contribution in [0.2, 0.25) is 5.02 Å². The highest BCUT2D eigenvalue weighted by Gasteiger charge is 2.17. The average Bonchev–Trinajstić information content (AvgIpc) is 2.81. The van der Waals surface area contributed by atoms with E-state index in [4.69, 9.17) is 16.3 Å². The number of hydrogen-bond acceptors (Lipinski definition) is 5. The van der Waals surface area contributed by atoms with Crippen molar-refractivity contribution in [3.8, 4) is 5.75 Å². The van der Waals surface area contributed by atoms with E-state index in [1.165, 1.54) is 49.7 Å². The Morgan fingerprint density at radius 1 is 1.12 bits per heavy atom. The van der Waals surface area contributed by atoms with Crippen LogP contribution in [0.3, 0.4) is 0 Å². The summed E-state index contributed by atoms with van der Waals surface area (Å²) in [5.74, 6) is -0.493. The summed E-state index contributed by atoms with van der Waals surface area (Å²) >= 11 is 6.10. The molecule has 0 bridgehead atoms. The van der Waals surface area contributed by atoms with Crippen LogP contribution in [-0.4, -0.2) is 27.1 Å². The summed E-state index contributed by atoms with van der Waals surface area (Å²) in [6.45, 7) is -0.474. The molecular formula is C23H18ClFN4O4. The molecule has 4 rings (SSSR count). The first kappa shape index (κ1) is 22.2. The second-order valence-corrected chi connectivity index (χ2v) is 7.57. The van der Waals surface area contributed by atoms with Gasteiger partial charge in [-0.25, -0.2) is 14.2 Å². The Labute approximate surface area is 191 Å². The first-order valence-electron chi connectivity index (χ1n) is 9.83. The fourth-order valence-corrected chi connectivity index (χ4v) is 3.65. The first-order valence-corrected chi connectivity index (χ1v) is 10.2. The van der Waals surface area contributed by atoms with Crippen LogP contribution in [-0.2, 0) is 17.9 Å². The average molecular weight is 469 g/mol. The smallest absolute Gasteiger partial charge is 0.333 e. The minimum Gasteiger partial charge on any atom is -0.495 e. The molecule has 1 amide bonds. The summed E-state index contributed by atoms with van der Waals surface area (Å²) in [6, 6.07) is 13.3. The summed E-state index contributed by atoms with van der Waals surface area (Å²) < 4.78 is 20.5. The first-order chi connectivity index (χ1) is 15.9. The highest BCUT2D eigenvalue weighted by Crippen LogP contribution is 2.27. The van der Waals surface area contributed by atoms with Crippen molar-refractivity contribution < 1.29 is 13.9 Å². The van der Waals surface area contributed by atoms with E-state index in [0.29, 0.717) is 22.0 Å². The zero-order valence-electron chi connectivity index (χ0n) is 17.4. The molecule has 0 saturated heterocycles. The number of fused-ring (bicyclic) bond motifs is 1. The second-order valence-electron chi connectivity index (χ2n) is 7.16. The van der Waals surface area contributed by atoms with E-state index < -0.39 is 23.0 Å². The normalized spacial score (nSPS) is 10.9. The lowest BCUT2D eigenvalue weighted by molar-refractivity contribution is -0.116. The van der Waals surface area contributed by atoms with Gasteiger partial charge in [0.05, 0.1) is 24.1 Å². The number of carbonyl (C=O) groups excluding carboxylic acids is 1. The number of pyridine rings is 1. The third-order valence-electron chi connectivity index (χ3n) is 4.97. The van der Waals surface area contributed by atoms with Gasteiger partial charge in [-0.2, -0.15) is 0 Å². The fourth-order valence-electron chi connectivity index (χ4n) is 3.39. The molecule has 0 atom stereocenters. The summed E-state index contributed by atoms with van der Waals surface area (Å²) in [5, 5.41) is 3.16. The topological polar surface area (TPSA) is 95.2 Å². The second kappa shape index (κ2) is 9.25. The van der Waals surface area contributed by atoms with Crippen LogP contribution in [0, 0.1) is 5.82 Å². The van der Waals surface area contributed by atoms with Gasteiger partial charge in [0.25, 0.3) is 5.56 Å². The molecule has 0 aliphatic carbocycles. The number of aromatic nitrogens is 3. The van der Waals surface area contributed by atoms with E-state index in [9.17, 15) is 18.8 Å².